The summed E-state index contributed by atoms with van der Waals surface area (Å²) in [5.41, 5.74) is 0.994. The number of benzene rings is 2. The predicted octanol–water partition coefficient (Wildman–Crippen LogP) is 2.51. The van der Waals surface area contributed by atoms with Crippen molar-refractivity contribution in [3.8, 4) is 5.75 Å². The lowest BCUT2D eigenvalue weighted by molar-refractivity contribution is -0.115. The normalized spacial score (nSPS) is 10.6. The fraction of sp³-hybridized carbons (Fsp3) is 0.211. The average molecular weight is 337 g/mol. The maximum absolute atomic E-state index is 12.5. The van der Waals surface area contributed by atoms with E-state index in [0.29, 0.717) is 34.5 Å². The molecule has 1 N–H and O–H groups in total. The van der Waals surface area contributed by atoms with Gasteiger partial charge in [-0.1, -0.05) is 30.3 Å². The SMILES string of the molecule is CCOc1ccccc1NC(=O)Cc1nn(C)c(=O)c2ccccc12. The number of nitrogens with one attached hydrogen (secondary N) is 1. The molecule has 0 aliphatic carbocycles. The minimum Gasteiger partial charge on any atom is -0.492 e. The second-order valence-corrected chi connectivity index (χ2v) is 5.58. The summed E-state index contributed by atoms with van der Waals surface area (Å²) in [6, 6.07) is 14.4. The number of anilines is 1. The van der Waals surface area contributed by atoms with Crippen LogP contribution in [-0.2, 0) is 18.3 Å². The summed E-state index contributed by atoms with van der Waals surface area (Å²) in [5.74, 6) is 0.403. The molecule has 0 saturated heterocycles. The Morgan fingerprint density at radius 2 is 1.80 bits per heavy atom. The number of hydrogen-bond acceptors (Lipinski definition) is 4. The Kier molecular flexibility index (Phi) is 4.79. The van der Waals surface area contributed by atoms with Gasteiger partial charge in [-0.05, 0) is 25.1 Å². The van der Waals surface area contributed by atoms with Gasteiger partial charge < -0.3 is 10.1 Å². The van der Waals surface area contributed by atoms with Crippen molar-refractivity contribution in [2.45, 2.75) is 13.3 Å². The summed E-state index contributed by atoms with van der Waals surface area (Å²) in [7, 11) is 1.58. The molecule has 0 aliphatic heterocycles. The van der Waals surface area contributed by atoms with Gasteiger partial charge in [0.15, 0.2) is 0 Å². The van der Waals surface area contributed by atoms with Crippen molar-refractivity contribution in [1.82, 2.24) is 9.78 Å². The first kappa shape index (κ1) is 16.7. The molecular weight excluding hydrogens is 318 g/mol. The van der Waals surface area contributed by atoms with Gasteiger partial charge in [0.1, 0.15) is 5.75 Å². The number of ether oxygens (including phenoxy) is 1. The number of fused-ring (bicyclic) bond motifs is 1. The third-order valence-corrected chi connectivity index (χ3v) is 3.82. The van der Waals surface area contributed by atoms with Crippen LogP contribution in [-0.4, -0.2) is 22.3 Å². The Labute approximate surface area is 145 Å². The zero-order valence-electron chi connectivity index (χ0n) is 14.2. The maximum Gasteiger partial charge on any atom is 0.274 e. The topological polar surface area (TPSA) is 73.2 Å². The van der Waals surface area contributed by atoms with Crippen LogP contribution in [0.1, 0.15) is 12.6 Å². The predicted molar refractivity (Wildman–Crippen MR) is 96.9 cm³/mol. The van der Waals surface area contributed by atoms with Crippen LogP contribution in [0, 0.1) is 0 Å². The van der Waals surface area contributed by atoms with Crippen LogP contribution in [0.25, 0.3) is 10.8 Å². The largest absolute Gasteiger partial charge is 0.492 e. The molecule has 0 atom stereocenters. The summed E-state index contributed by atoms with van der Waals surface area (Å²) in [4.78, 5) is 24.6. The van der Waals surface area contributed by atoms with Gasteiger partial charge in [-0.15, -0.1) is 0 Å². The summed E-state index contributed by atoms with van der Waals surface area (Å²) in [6.45, 7) is 2.40. The summed E-state index contributed by atoms with van der Waals surface area (Å²) in [5, 5.41) is 8.35. The lowest BCUT2D eigenvalue weighted by Crippen LogP contribution is -2.24. The van der Waals surface area contributed by atoms with Crippen molar-refractivity contribution in [2.75, 3.05) is 11.9 Å². The zero-order valence-corrected chi connectivity index (χ0v) is 14.2. The van der Waals surface area contributed by atoms with Gasteiger partial charge >= 0.3 is 0 Å². The molecule has 0 radical (unpaired) electrons. The summed E-state index contributed by atoms with van der Waals surface area (Å²) < 4.78 is 6.78. The molecular formula is C19H19N3O3. The first-order valence-electron chi connectivity index (χ1n) is 8.06. The summed E-state index contributed by atoms with van der Waals surface area (Å²) >= 11 is 0. The highest BCUT2D eigenvalue weighted by molar-refractivity contribution is 5.96. The van der Waals surface area contributed by atoms with Crippen LogP contribution in [0.15, 0.2) is 53.3 Å². The van der Waals surface area contributed by atoms with Crippen LogP contribution in [0.2, 0.25) is 0 Å². The number of aromatic nitrogens is 2. The molecule has 2 aromatic carbocycles. The Balaban J connectivity index is 1.88. The molecule has 0 fully saturated rings. The Morgan fingerprint density at radius 1 is 1.12 bits per heavy atom. The molecule has 0 unspecified atom stereocenters. The highest BCUT2D eigenvalue weighted by Gasteiger charge is 2.13. The number of hydrogen-bond donors (Lipinski definition) is 1. The molecule has 1 amide bonds. The monoisotopic (exact) mass is 337 g/mol. The minimum absolute atomic E-state index is 0.0646. The smallest absolute Gasteiger partial charge is 0.274 e. The van der Waals surface area contributed by atoms with E-state index in [0.717, 1.165) is 0 Å². The van der Waals surface area contributed by atoms with Crippen LogP contribution in [0.3, 0.4) is 0 Å². The van der Waals surface area contributed by atoms with Gasteiger partial charge in [0, 0.05) is 12.4 Å². The van der Waals surface area contributed by atoms with E-state index in [1.165, 1.54) is 4.68 Å². The first-order valence-corrected chi connectivity index (χ1v) is 8.06. The van der Waals surface area contributed by atoms with Crippen LogP contribution < -0.4 is 15.6 Å². The lowest BCUT2D eigenvalue weighted by atomic mass is 10.1. The number of nitrogens with zero attached hydrogens (tertiary/aromatic N) is 2. The molecule has 128 valence electrons. The molecule has 6 nitrogen and oxygen atoms in total. The number of para-hydroxylation sites is 2. The minimum atomic E-state index is -0.219. The van der Waals surface area contributed by atoms with Crippen molar-refractivity contribution in [1.29, 1.82) is 0 Å². The van der Waals surface area contributed by atoms with E-state index in [1.54, 1.807) is 37.4 Å². The molecule has 1 heterocycles. The number of aryl methyl sites for hydroxylation is 1. The van der Waals surface area contributed by atoms with E-state index < -0.39 is 0 Å². The second-order valence-electron chi connectivity index (χ2n) is 5.58. The number of amides is 1. The molecule has 0 aliphatic rings. The third-order valence-electron chi connectivity index (χ3n) is 3.82. The first-order chi connectivity index (χ1) is 12.1. The Bertz CT molecular complexity index is 979. The molecule has 6 heteroatoms. The van der Waals surface area contributed by atoms with E-state index >= 15 is 0 Å². The van der Waals surface area contributed by atoms with Crippen molar-refractivity contribution in [3.05, 3.63) is 64.6 Å². The van der Waals surface area contributed by atoms with Crippen molar-refractivity contribution < 1.29 is 9.53 Å². The highest BCUT2D eigenvalue weighted by Crippen LogP contribution is 2.24. The van der Waals surface area contributed by atoms with Gasteiger partial charge in [0.05, 0.1) is 29.8 Å². The van der Waals surface area contributed by atoms with Gasteiger partial charge in [-0.2, -0.15) is 5.10 Å². The molecule has 3 rings (SSSR count). The molecule has 3 aromatic rings. The van der Waals surface area contributed by atoms with Crippen LogP contribution >= 0.6 is 0 Å². The van der Waals surface area contributed by atoms with Gasteiger partial charge in [0.2, 0.25) is 5.91 Å². The second kappa shape index (κ2) is 7.17. The number of carbonyl (C=O) groups is 1. The average Bonchev–Trinajstić information content (AvgIpc) is 2.61. The standard InChI is InChI=1S/C19H19N3O3/c1-3-25-17-11-7-6-10-15(17)20-18(23)12-16-13-8-4-5-9-14(13)19(24)22(2)21-16/h4-11H,3,12H2,1-2H3,(H,20,23). The fourth-order valence-electron chi connectivity index (χ4n) is 2.70. The summed E-state index contributed by atoms with van der Waals surface area (Å²) in [6.07, 6.45) is 0.0646. The Morgan fingerprint density at radius 3 is 2.56 bits per heavy atom. The molecule has 25 heavy (non-hydrogen) atoms. The Hall–Kier alpha value is -3.15. The highest BCUT2D eigenvalue weighted by atomic mass is 16.5. The van der Waals surface area contributed by atoms with Crippen molar-refractivity contribution in [2.24, 2.45) is 7.05 Å². The zero-order chi connectivity index (χ0) is 17.8. The van der Waals surface area contributed by atoms with Gasteiger partial charge in [-0.25, -0.2) is 4.68 Å². The van der Waals surface area contributed by atoms with E-state index in [-0.39, 0.29) is 17.9 Å². The van der Waals surface area contributed by atoms with Crippen LogP contribution in [0.4, 0.5) is 5.69 Å². The van der Waals surface area contributed by atoms with Crippen molar-refractivity contribution >= 4 is 22.4 Å². The van der Waals surface area contributed by atoms with Gasteiger partial charge in [0.25, 0.3) is 5.56 Å². The molecule has 1 aromatic heterocycles. The van der Waals surface area contributed by atoms with E-state index in [2.05, 4.69) is 10.4 Å². The maximum atomic E-state index is 12.5. The lowest BCUT2D eigenvalue weighted by Gasteiger charge is -2.12. The molecule has 0 saturated carbocycles. The van der Waals surface area contributed by atoms with Gasteiger partial charge in [-0.3, -0.25) is 9.59 Å². The quantitative estimate of drug-likeness (QED) is 0.776. The number of rotatable bonds is 5. The van der Waals surface area contributed by atoms with E-state index in [4.69, 9.17) is 4.74 Å². The molecule has 0 spiro atoms. The van der Waals surface area contributed by atoms with Crippen molar-refractivity contribution in [3.63, 3.8) is 0 Å². The fourth-order valence-corrected chi connectivity index (χ4v) is 2.70. The molecule has 0 bridgehead atoms. The number of carbonyl (C=O) groups excluding carboxylic acids is 1. The third kappa shape index (κ3) is 3.52. The van der Waals surface area contributed by atoms with Crippen LogP contribution in [0.5, 0.6) is 5.75 Å². The van der Waals surface area contributed by atoms with E-state index in [9.17, 15) is 9.59 Å². The van der Waals surface area contributed by atoms with E-state index in [1.807, 2.05) is 25.1 Å².